The molecule has 0 fully saturated rings. The summed E-state index contributed by atoms with van der Waals surface area (Å²) in [6.45, 7) is 5.48. The molecule has 174 valence electrons. The van der Waals surface area contributed by atoms with Gasteiger partial charge in [-0.2, -0.15) is 0 Å². The fourth-order valence-electron chi connectivity index (χ4n) is 3.00. The van der Waals surface area contributed by atoms with Gasteiger partial charge in [0.15, 0.2) is 5.76 Å². The highest BCUT2D eigenvalue weighted by molar-refractivity contribution is 7.92. The molecule has 0 atom stereocenters. The molecule has 1 aromatic heterocycles. The maximum absolute atomic E-state index is 13.1. The summed E-state index contributed by atoms with van der Waals surface area (Å²) in [6.07, 6.45) is 3.25. The SMILES string of the molecule is CCOc1ccc(NS(=O)(=O)c2cc(C=Cc3onc(C)c3NC(C)=O)ccc2OC)cc1. The first-order chi connectivity index (χ1) is 15.7. The zero-order chi connectivity index (χ0) is 24.0. The minimum absolute atomic E-state index is 0.0307. The third kappa shape index (κ3) is 5.92. The monoisotopic (exact) mass is 471 g/mol. The van der Waals surface area contributed by atoms with Crippen molar-refractivity contribution in [1.29, 1.82) is 0 Å². The Bertz CT molecular complexity index is 1260. The van der Waals surface area contributed by atoms with E-state index < -0.39 is 10.0 Å². The summed E-state index contributed by atoms with van der Waals surface area (Å²) in [5.74, 6) is 0.927. The van der Waals surface area contributed by atoms with Crippen molar-refractivity contribution in [3.8, 4) is 11.5 Å². The van der Waals surface area contributed by atoms with Crippen LogP contribution in [0.2, 0.25) is 0 Å². The molecule has 0 aliphatic carbocycles. The molecule has 2 aromatic carbocycles. The van der Waals surface area contributed by atoms with Crippen LogP contribution < -0.4 is 19.5 Å². The average Bonchev–Trinajstić information content (AvgIpc) is 3.12. The third-order valence-corrected chi connectivity index (χ3v) is 5.91. The first-order valence-corrected chi connectivity index (χ1v) is 11.6. The van der Waals surface area contributed by atoms with E-state index >= 15 is 0 Å². The van der Waals surface area contributed by atoms with Gasteiger partial charge in [0.2, 0.25) is 5.91 Å². The number of sulfonamides is 1. The molecule has 0 bridgehead atoms. The van der Waals surface area contributed by atoms with Crippen molar-refractivity contribution < 1.29 is 27.2 Å². The maximum Gasteiger partial charge on any atom is 0.265 e. The number of carbonyl (C=O) groups excluding carboxylic acids is 1. The molecule has 2 N–H and O–H groups in total. The van der Waals surface area contributed by atoms with E-state index in [1.54, 1.807) is 55.5 Å². The minimum atomic E-state index is -3.95. The minimum Gasteiger partial charge on any atom is -0.495 e. The highest BCUT2D eigenvalue weighted by Crippen LogP contribution is 2.29. The lowest BCUT2D eigenvalue weighted by Crippen LogP contribution is -2.14. The Labute approximate surface area is 192 Å². The van der Waals surface area contributed by atoms with Gasteiger partial charge in [0, 0.05) is 12.6 Å². The summed E-state index contributed by atoms with van der Waals surface area (Å²) in [5.41, 5.74) is 1.95. The van der Waals surface area contributed by atoms with E-state index in [2.05, 4.69) is 15.2 Å². The van der Waals surface area contributed by atoms with Gasteiger partial charge in [0.1, 0.15) is 27.8 Å². The highest BCUT2D eigenvalue weighted by atomic mass is 32.2. The Hall–Kier alpha value is -3.79. The number of nitrogens with one attached hydrogen (secondary N) is 2. The number of carbonyl (C=O) groups is 1. The molecule has 9 nitrogen and oxygen atoms in total. The number of benzene rings is 2. The molecule has 10 heteroatoms. The molecule has 0 aliphatic heterocycles. The van der Waals surface area contributed by atoms with Crippen molar-refractivity contribution in [2.45, 2.75) is 25.7 Å². The highest BCUT2D eigenvalue weighted by Gasteiger charge is 2.20. The zero-order valence-corrected chi connectivity index (χ0v) is 19.5. The van der Waals surface area contributed by atoms with Crippen LogP contribution in [0, 0.1) is 6.92 Å². The molecule has 1 heterocycles. The van der Waals surface area contributed by atoms with Crippen LogP contribution in [-0.2, 0) is 14.8 Å². The Morgan fingerprint density at radius 2 is 1.88 bits per heavy atom. The molecule has 0 unspecified atom stereocenters. The number of hydrogen-bond acceptors (Lipinski definition) is 7. The number of amides is 1. The van der Waals surface area contributed by atoms with Crippen LogP contribution in [0.25, 0.3) is 12.2 Å². The first kappa shape index (κ1) is 23.9. The van der Waals surface area contributed by atoms with E-state index in [0.717, 1.165) is 0 Å². The lowest BCUT2D eigenvalue weighted by Gasteiger charge is -2.13. The maximum atomic E-state index is 13.1. The number of nitrogens with zero attached hydrogens (tertiary/aromatic N) is 1. The molecule has 0 saturated heterocycles. The Morgan fingerprint density at radius 1 is 1.15 bits per heavy atom. The fourth-order valence-corrected chi connectivity index (χ4v) is 4.27. The van der Waals surface area contributed by atoms with Gasteiger partial charge in [-0.1, -0.05) is 17.3 Å². The molecule has 3 rings (SSSR count). The number of aryl methyl sites for hydroxylation is 1. The van der Waals surface area contributed by atoms with E-state index in [4.69, 9.17) is 14.0 Å². The molecular formula is C23H25N3O6S. The molecule has 33 heavy (non-hydrogen) atoms. The molecule has 1 amide bonds. The van der Waals surface area contributed by atoms with Crippen LogP contribution in [0.15, 0.2) is 51.9 Å². The lowest BCUT2D eigenvalue weighted by molar-refractivity contribution is -0.114. The first-order valence-electron chi connectivity index (χ1n) is 10.1. The predicted molar refractivity (Wildman–Crippen MR) is 126 cm³/mol. The molecule has 0 radical (unpaired) electrons. The Kier molecular flexibility index (Phi) is 7.39. The largest absolute Gasteiger partial charge is 0.495 e. The van der Waals surface area contributed by atoms with Crippen LogP contribution in [0.1, 0.15) is 30.9 Å². The average molecular weight is 472 g/mol. The zero-order valence-electron chi connectivity index (χ0n) is 18.7. The molecule has 0 spiro atoms. The Balaban J connectivity index is 1.89. The van der Waals surface area contributed by atoms with Crippen LogP contribution in [0.3, 0.4) is 0 Å². The van der Waals surface area contributed by atoms with Gasteiger partial charge in [-0.3, -0.25) is 9.52 Å². The van der Waals surface area contributed by atoms with Crippen molar-refractivity contribution in [2.24, 2.45) is 0 Å². The lowest BCUT2D eigenvalue weighted by atomic mass is 10.2. The van der Waals surface area contributed by atoms with E-state index in [0.29, 0.717) is 40.7 Å². The summed E-state index contributed by atoms with van der Waals surface area (Å²) in [4.78, 5) is 11.4. The van der Waals surface area contributed by atoms with Crippen LogP contribution in [-0.4, -0.2) is 33.2 Å². The second-order valence-electron chi connectivity index (χ2n) is 6.99. The van der Waals surface area contributed by atoms with E-state index in [1.807, 2.05) is 6.92 Å². The fraction of sp³-hybridized carbons (Fsp3) is 0.217. The summed E-state index contributed by atoms with van der Waals surface area (Å²) in [6, 6.07) is 11.4. The molecule has 3 aromatic rings. The molecule has 0 aliphatic rings. The van der Waals surface area contributed by atoms with Crippen molar-refractivity contribution in [2.75, 3.05) is 23.8 Å². The second-order valence-corrected chi connectivity index (χ2v) is 8.65. The summed E-state index contributed by atoms with van der Waals surface area (Å²) in [7, 11) is -2.55. The normalized spacial score (nSPS) is 11.4. The third-order valence-electron chi connectivity index (χ3n) is 4.51. The predicted octanol–water partition coefficient (Wildman–Crippen LogP) is 4.32. The quantitative estimate of drug-likeness (QED) is 0.477. The topological polar surface area (TPSA) is 120 Å². The Morgan fingerprint density at radius 3 is 2.52 bits per heavy atom. The summed E-state index contributed by atoms with van der Waals surface area (Å²) < 4.78 is 44.6. The smallest absolute Gasteiger partial charge is 0.265 e. The number of aromatic nitrogens is 1. The number of rotatable bonds is 9. The van der Waals surface area contributed by atoms with Gasteiger partial charge in [0.25, 0.3) is 10.0 Å². The molecule has 0 saturated carbocycles. The van der Waals surface area contributed by atoms with Gasteiger partial charge in [-0.25, -0.2) is 8.42 Å². The van der Waals surface area contributed by atoms with Gasteiger partial charge >= 0.3 is 0 Å². The van der Waals surface area contributed by atoms with E-state index in [1.165, 1.54) is 20.1 Å². The van der Waals surface area contributed by atoms with E-state index in [9.17, 15) is 13.2 Å². The van der Waals surface area contributed by atoms with Gasteiger partial charge in [-0.15, -0.1) is 0 Å². The molecular weight excluding hydrogens is 446 g/mol. The van der Waals surface area contributed by atoms with Crippen molar-refractivity contribution in [3.05, 3.63) is 59.5 Å². The van der Waals surface area contributed by atoms with Crippen LogP contribution in [0.4, 0.5) is 11.4 Å². The summed E-state index contributed by atoms with van der Waals surface area (Å²) in [5, 5.41) is 6.52. The van der Waals surface area contributed by atoms with Gasteiger partial charge in [-0.05, 0) is 61.9 Å². The summed E-state index contributed by atoms with van der Waals surface area (Å²) >= 11 is 0. The van der Waals surface area contributed by atoms with Crippen molar-refractivity contribution in [3.63, 3.8) is 0 Å². The van der Waals surface area contributed by atoms with Crippen molar-refractivity contribution >= 4 is 39.5 Å². The number of ether oxygens (including phenoxy) is 2. The second kappa shape index (κ2) is 10.2. The van der Waals surface area contributed by atoms with Crippen LogP contribution >= 0.6 is 0 Å². The number of hydrogen-bond donors (Lipinski definition) is 2. The number of anilines is 2. The van der Waals surface area contributed by atoms with Gasteiger partial charge in [0.05, 0.1) is 13.7 Å². The van der Waals surface area contributed by atoms with Crippen molar-refractivity contribution in [1.82, 2.24) is 5.16 Å². The van der Waals surface area contributed by atoms with Crippen LogP contribution in [0.5, 0.6) is 11.5 Å². The van der Waals surface area contributed by atoms with E-state index in [-0.39, 0.29) is 16.6 Å². The van der Waals surface area contributed by atoms with Gasteiger partial charge < -0.3 is 19.3 Å². The standard InChI is InChI=1S/C23H25N3O6S/c1-5-31-19-10-8-18(9-11-19)26-33(28,29)22-14-17(6-12-20(22)30-4)7-13-21-23(24-16(3)27)15(2)25-32-21/h6-14,26H,5H2,1-4H3,(H,24,27). The number of methoxy groups -OCH3 is 1.